The molecule has 2 atom stereocenters. The third-order valence-corrected chi connectivity index (χ3v) is 7.59. The van der Waals surface area contributed by atoms with Gasteiger partial charge in [-0.3, -0.25) is 0 Å². The number of ether oxygens (including phenoxy) is 1. The number of cyclic esters (lactones) is 1. The summed E-state index contributed by atoms with van der Waals surface area (Å²) in [7, 11) is 0. The van der Waals surface area contributed by atoms with Gasteiger partial charge in [0.25, 0.3) is 0 Å². The van der Waals surface area contributed by atoms with Crippen LogP contribution in [0.1, 0.15) is 78.5 Å². The third kappa shape index (κ3) is 6.31. The first-order valence-corrected chi connectivity index (χ1v) is 12.8. The predicted octanol–water partition coefficient (Wildman–Crippen LogP) is 5.04. The summed E-state index contributed by atoms with van der Waals surface area (Å²) in [5.41, 5.74) is -0.651. The zero-order valence-electron chi connectivity index (χ0n) is 23.0. The fourth-order valence-electron chi connectivity index (χ4n) is 4.77. The van der Waals surface area contributed by atoms with Crippen molar-refractivity contribution in [2.75, 3.05) is 6.54 Å². The summed E-state index contributed by atoms with van der Waals surface area (Å²) in [6, 6.07) is 17.6. The molecule has 0 radical (unpaired) electrons. The molecule has 196 valence electrons. The molecular weight excluding hydrogens is 453 g/mol. The van der Waals surface area contributed by atoms with Crippen molar-refractivity contribution in [1.29, 1.82) is 0 Å². The molecule has 0 saturated carbocycles. The molecule has 0 bridgehead atoms. The Hall–Kier alpha value is -2.35. The first-order valence-electron chi connectivity index (χ1n) is 12.8. The van der Waals surface area contributed by atoms with Gasteiger partial charge in [0.15, 0.2) is 0 Å². The number of hydrogen-bond donors (Lipinski definition) is 2. The average molecular weight is 495 g/mol. The summed E-state index contributed by atoms with van der Waals surface area (Å²) < 4.78 is 12.3. The smallest absolute Gasteiger partial charge is 0.411 e. The van der Waals surface area contributed by atoms with Gasteiger partial charge in [-0.05, 0) is 65.1 Å². The molecule has 1 saturated heterocycles. The second-order valence-electron chi connectivity index (χ2n) is 11.8. The lowest BCUT2D eigenvalue weighted by Gasteiger charge is -2.45. The van der Waals surface area contributed by atoms with Gasteiger partial charge >= 0.3 is 13.0 Å². The molecule has 0 aliphatic carbocycles. The minimum absolute atomic E-state index is 0.175. The van der Waals surface area contributed by atoms with Gasteiger partial charge in [0.05, 0.1) is 22.8 Å². The van der Waals surface area contributed by atoms with Crippen LogP contribution in [0.3, 0.4) is 0 Å². The number of aliphatic hydroxyl groups is 2. The molecule has 1 amide bonds. The van der Waals surface area contributed by atoms with Gasteiger partial charge in [0.2, 0.25) is 0 Å². The highest BCUT2D eigenvalue weighted by Crippen LogP contribution is 2.42. The Balaban J connectivity index is 1.74. The lowest BCUT2D eigenvalue weighted by molar-refractivity contribution is -0.101. The van der Waals surface area contributed by atoms with E-state index in [1.807, 2.05) is 82.2 Å². The molecule has 1 aliphatic rings. The van der Waals surface area contributed by atoms with Gasteiger partial charge in [0.1, 0.15) is 5.60 Å². The van der Waals surface area contributed by atoms with Crippen LogP contribution in [0.4, 0.5) is 4.79 Å². The number of benzene rings is 2. The molecule has 6 nitrogen and oxygen atoms in total. The van der Waals surface area contributed by atoms with Crippen molar-refractivity contribution in [2.45, 2.75) is 96.6 Å². The largest absolute Gasteiger partial charge is 0.438 e. The van der Waals surface area contributed by atoms with E-state index in [0.717, 1.165) is 16.6 Å². The molecule has 1 aliphatic heterocycles. The molecule has 2 N–H and O–H groups in total. The molecular formula is C29H42BNO5. The maximum Gasteiger partial charge on any atom is 0.411 e. The molecule has 3 rings (SSSR count). The first-order chi connectivity index (χ1) is 16.5. The first kappa shape index (κ1) is 28.2. The van der Waals surface area contributed by atoms with Gasteiger partial charge in [-0.2, -0.15) is 0 Å². The quantitative estimate of drug-likeness (QED) is 0.477. The lowest BCUT2D eigenvalue weighted by Crippen LogP contribution is -2.52. The SMILES string of the molecule is CB(OC(C)(C)C(C)(C)O)c1ccc([C@H](C)N2CC[C@](CC(C)(C)O)(c3ccccc3)OC2=O)cc1. The average Bonchev–Trinajstić information content (AvgIpc) is 2.77. The van der Waals surface area contributed by atoms with Crippen molar-refractivity contribution in [2.24, 2.45) is 0 Å². The minimum atomic E-state index is -0.988. The van der Waals surface area contributed by atoms with E-state index in [0.29, 0.717) is 19.4 Å². The predicted molar refractivity (Wildman–Crippen MR) is 144 cm³/mol. The molecule has 0 unspecified atom stereocenters. The van der Waals surface area contributed by atoms with Crippen LogP contribution in [0.15, 0.2) is 54.6 Å². The monoisotopic (exact) mass is 495 g/mol. The van der Waals surface area contributed by atoms with Gasteiger partial charge in [-0.15, -0.1) is 0 Å². The van der Waals surface area contributed by atoms with Crippen LogP contribution in [0.5, 0.6) is 0 Å². The highest BCUT2D eigenvalue weighted by molar-refractivity contribution is 6.66. The Kier molecular flexibility index (Phi) is 7.99. The van der Waals surface area contributed by atoms with Gasteiger partial charge < -0.3 is 24.5 Å². The van der Waals surface area contributed by atoms with Crippen LogP contribution in [0.25, 0.3) is 0 Å². The fraction of sp³-hybridized carbons (Fsp3) is 0.552. The highest BCUT2D eigenvalue weighted by Gasteiger charge is 2.46. The Morgan fingerprint density at radius 1 is 1.03 bits per heavy atom. The Morgan fingerprint density at radius 2 is 1.61 bits per heavy atom. The van der Waals surface area contributed by atoms with E-state index in [-0.39, 0.29) is 19.1 Å². The molecule has 1 fully saturated rings. The van der Waals surface area contributed by atoms with E-state index in [4.69, 9.17) is 9.39 Å². The van der Waals surface area contributed by atoms with Crippen LogP contribution in [0.2, 0.25) is 6.82 Å². The van der Waals surface area contributed by atoms with E-state index in [1.54, 1.807) is 32.6 Å². The lowest BCUT2D eigenvalue weighted by atomic mass is 9.62. The molecule has 2 aromatic rings. The summed E-state index contributed by atoms with van der Waals surface area (Å²) in [5.74, 6) is 0. The summed E-state index contributed by atoms with van der Waals surface area (Å²) >= 11 is 0. The van der Waals surface area contributed by atoms with Gasteiger partial charge in [-0.25, -0.2) is 4.79 Å². The maximum absolute atomic E-state index is 13.3. The topological polar surface area (TPSA) is 79.2 Å². The molecule has 36 heavy (non-hydrogen) atoms. The van der Waals surface area contributed by atoms with Gasteiger partial charge in [-0.1, -0.05) is 61.4 Å². The molecule has 0 aromatic heterocycles. The zero-order valence-corrected chi connectivity index (χ0v) is 23.0. The number of amides is 1. The van der Waals surface area contributed by atoms with Crippen molar-refractivity contribution in [3.63, 3.8) is 0 Å². The van der Waals surface area contributed by atoms with Crippen molar-refractivity contribution in [1.82, 2.24) is 4.90 Å². The molecule has 2 aromatic carbocycles. The Morgan fingerprint density at radius 3 is 2.11 bits per heavy atom. The van der Waals surface area contributed by atoms with Crippen molar-refractivity contribution in [3.8, 4) is 0 Å². The molecule has 7 heteroatoms. The summed E-state index contributed by atoms with van der Waals surface area (Å²) in [5, 5.41) is 21.0. The molecule has 1 heterocycles. The van der Waals surface area contributed by atoms with Crippen molar-refractivity contribution >= 4 is 18.5 Å². The van der Waals surface area contributed by atoms with Crippen LogP contribution >= 0.6 is 0 Å². The second kappa shape index (κ2) is 10.2. The van der Waals surface area contributed by atoms with Crippen LogP contribution in [-0.2, 0) is 15.0 Å². The normalized spacial score (nSPS) is 20.2. The highest BCUT2D eigenvalue weighted by atomic mass is 16.6. The summed E-state index contributed by atoms with van der Waals surface area (Å²) in [6.07, 6.45) is 0.534. The van der Waals surface area contributed by atoms with E-state index < -0.39 is 22.4 Å². The minimum Gasteiger partial charge on any atom is -0.438 e. The van der Waals surface area contributed by atoms with E-state index in [1.165, 1.54) is 0 Å². The number of rotatable bonds is 9. The zero-order chi connectivity index (χ0) is 26.9. The molecule has 0 spiro atoms. The van der Waals surface area contributed by atoms with Crippen LogP contribution < -0.4 is 5.46 Å². The third-order valence-electron chi connectivity index (χ3n) is 7.59. The maximum atomic E-state index is 13.3. The van der Waals surface area contributed by atoms with Gasteiger partial charge in [0, 0.05) is 19.4 Å². The van der Waals surface area contributed by atoms with E-state index >= 15 is 0 Å². The Labute approximate surface area is 216 Å². The van der Waals surface area contributed by atoms with Crippen molar-refractivity contribution < 1.29 is 24.4 Å². The van der Waals surface area contributed by atoms with Crippen LogP contribution in [-0.4, -0.2) is 51.5 Å². The number of hydrogen-bond acceptors (Lipinski definition) is 5. The number of nitrogens with zero attached hydrogens (tertiary/aromatic N) is 1. The fourth-order valence-corrected chi connectivity index (χ4v) is 4.77. The number of carbonyl (C=O) groups excluding carboxylic acids is 1. The number of carbonyl (C=O) groups is 1. The van der Waals surface area contributed by atoms with Crippen LogP contribution in [0, 0.1) is 0 Å². The second-order valence-corrected chi connectivity index (χ2v) is 11.8. The Bertz CT molecular complexity index is 1030. The van der Waals surface area contributed by atoms with Crippen molar-refractivity contribution in [3.05, 3.63) is 65.7 Å². The standard InChI is InChI=1S/C29H42BNO5/c1-21(22-14-16-24(17-15-22)30(8)36-28(6,7)27(4,5)34)31-19-18-29(35-25(31)32,20-26(2,3)33)23-12-10-9-11-13-23/h9-17,21,33-34H,18-20H2,1-8H3/t21-,29-/m0/s1. The summed E-state index contributed by atoms with van der Waals surface area (Å²) in [6.45, 7) is 15.0. The summed E-state index contributed by atoms with van der Waals surface area (Å²) in [4.78, 5) is 15.0. The van der Waals surface area contributed by atoms with E-state index in [2.05, 4.69) is 0 Å². The van der Waals surface area contributed by atoms with E-state index in [9.17, 15) is 15.0 Å².